The lowest BCUT2D eigenvalue weighted by Crippen LogP contribution is -2.06. The zero-order chi connectivity index (χ0) is 18.1. The van der Waals surface area contributed by atoms with Crippen LogP contribution in [0, 0.1) is 11.3 Å². The van der Waals surface area contributed by atoms with Crippen molar-refractivity contribution < 1.29 is 8.42 Å². The molecule has 1 aliphatic rings. The third-order valence-electron chi connectivity index (χ3n) is 4.39. The first kappa shape index (κ1) is 16.5. The van der Waals surface area contributed by atoms with E-state index in [1.165, 1.54) is 0 Å². The highest BCUT2D eigenvalue weighted by molar-refractivity contribution is 7.71. The zero-order valence-electron chi connectivity index (χ0n) is 13.8. The molecule has 1 fully saturated rings. The van der Waals surface area contributed by atoms with Gasteiger partial charge in [0.15, 0.2) is 5.69 Å². The van der Waals surface area contributed by atoms with Crippen LogP contribution < -0.4 is 5.32 Å². The molecule has 0 radical (unpaired) electrons. The minimum absolute atomic E-state index is 0.0476. The van der Waals surface area contributed by atoms with E-state index in [9.17, 15) is 13.7 Å². The summed E-state index contributed by atoms with van der Waals surface area (Å²) in [6.45, 7) is 0. The molecule has 1 aliphatic carbocycles. The fourth-order valence-electron chi connectivity index (χ4n) is 2.89. The molecule has 1 N–H and O–H groups in total. The van der Waals surface area contributed by atoms with E-state index in [4.69, 9.17) is 0 Å². The van der Waals surface area contributed by atoms with Gasteiger partial charge in [-0.2, -0.15) is 5.26 Å². The largest absolute Gasteiger partial charge is 0.379 e. The summed E-state index contributed by atoms with van der Waals surface area (Å²) in [6.07, 6.45) is 2.21. The number of nitrogens with one attached hydrogen (secondary N) is 1. The highest BCUT2D eigenvalue weighted by atomic mass is 32.2. The Labute approximate surface area is 152 Å². The van der Waals surface area contributed by atoms with Crippen molar-refractivity contribution in [1.82, 2.24) is 10.2 Å². The zero-order valence-corrected chi connectivity index (χ0v) is 14.7. The van der Waals surface area contributed by atoms with Crippen LogP contribution in [0.4, 0.5) is 5.69 Å². The van der Waals surface area contributed by atoms with Gasteiger partial charge in [0.2, 0.25) is 0 Å². The summed E-state index contributed by atoms with van der Waals surface area (Å²) in [5.74, 6) is 0.0476. The molecule has 0 atom stereocenters. The molecule has 1 saturated carbocycles. The van der Waals surface area contributed by atoms with Crippen molar-refractivity contribution in [2.45, 2.75) is 24.6 Å². The van der Waals surface area contributed by atoms with Crippen LogP contribution in [-0.4, -0.2) is 24.7 Å². The molecule has 0 saturated heterocycles. The highest BCUT2D eigenvalue weighted by Crippen LogP contribution is 2.32. The smallest absolute Gasteiger partial charge is 0.186 e. The molecule has 7 heteroatoms. The lowest BCUT2D eigenvalue weighted by Gasteiger charge is -2.10. The number of anilines is 1. The van der Waals surface area contributed by atoms with Crippen LogP contribution in [0.2, 0.25) is 0 Å². The van der Waals surface area contributed by atoms with E-state index in [0.29, 0.717) is 11.7 Å². The van der Waals surface area contributed by atoms with Crippen molar-refractivity contribution in [3.8, 4) is 17.2 Å². The summed E-state index contributed by atoms with van der Waals surface area (Å²) in [4.78, 5) is 0. The maximum absolute atomic E-state index is 10.8. The third kappa shape index (κ3) is 3.37. The molecule has 0 amide bonds. The molecule has 2 aromatic carbocycles. The molecule has 0 aliphatic heterocycles. The van der Waals surface area contributed by atoms with Gasteiger partial charge in [-0.1, -0.05) is 30.3 Å². The predicted octanol–water partition coefficient (Wildman–Crippen LogP) is 2.85. The van der Waals surface area contributed by atoms with Crippen molar-refractivity contribution in [1.29, 1.82) is 5.26 Å². The number of rotatable bonds is 5. The van der Waals surface area contributed by atoms with Gasteiger partial charge in [-0.3, -0.25) is 0 Å². The third-order valence-corrected chi connectivity index (χ3v) is 5.02. The van der Waals surface area contributed by atoms with Crippen LogP contribution in [0.5, 0.6) is 0 Å². The van der Waals surface area contributed by atoms with Crippen molar-refractivity contribution in [2.24, 2.45) is 0 Å². The van der Waals surface area contributed by atoms with Gasteiger partial charge in [0.1, 0.15) is 16.8 Å². The topological polar surface area (TPSA) is 95.7 Å². The minimum Gasteiger partial charge on any atom is -0.379 e. The molecule has 4 rings (SSSR count). The summed E-state index contributed by atoms with van der Waals surface area (Å²) < 4.78 is 21.7. The standard InChI is InChI=1S/C19H16N4O2S/c20-10-18-19(21-15-6-7-15)16-8-5-14(9-17(16)22-23-18)13-3-1-12(2-4-13)11-26(24)25/h1-5,8-9,15,26H,6-7,11H2,(H,21,22). The lowest BCUT2D eigenvalue weighted by molar-refractivity contribution is 0.614. The van der Waals surface area contributed by atoms with Crippen LogP contribution in [0.1, 0.15) is 24.1 Å². The fraction of sp³-hybridized carbons (Fsp3) is 0.211. The molecular weight excluding hydrogens is 348 g/mol. The van der Waals surface area contributed by atoms with E-state index in [1.807, 2.05) is 42.5 Å². The first-order valence-electron chi connectivity index (χ1n) is 8.32. The summed E-state index contributed by atoms with van der Waals surface area (Å²) in [5, 5.41) is 21.8. The van der Waals surface area contributed by atoms with Crippen molar-refractivity contribution in [2.75, 3.05) is 5.32 Å². The molecule has 0 spiro atoms. The Balaban J connectivity index is 1.72. The lowest BCUT2D eigenvalue weighted by atomic mass is 10.0. The molecule has 0 unspecified atom stereocenters. The van der Waals surface area contributed by atoms with Crippen LogP contribution in [-0.2, 0) is 16.5 Å². The van der Waals surface area contributed by atoms with Crippen LogP contribution in [0.3, 0.4) is 0 Å². The van der Waals surface area contributed by atoms with E-state index >= 15 is 0 Å². The summed E-state index contributed by atoms with van der Waals surface area (Å²) in [5.41, 5.74) is 4.48. The number of fused-ring (bicyclic) bond motifs is 1. The monoisotopic (exact) mass is 364 g/mol. The molecule has 1 aromatic heterocycles. The maximum Gasteiger partial charge on any atom is 0.186 e. The van der Waals surface area contributed by atoms with E-state index in [-0.39, 0.29) is 5.75 Å². The number of nitriles is 1. The van der Waals surface area contributed by atoms with E-state index in [2.05, 4.69) is 21.6 Å². The minimum atomic E-state index is -2.43. The molecule has 3 aromatic rings. The highest BCUT2D eigenvalue weighted by Gasteiger charge is 2.24. The Morgan fingerprint density at radius 3 is 2.46 bits per heavy atom. The Hall–Kier alpha value is -2.98. The van der Waals surface area contributed by atoms with Gasteiger partial charge in [-0.25, -0.2) is 8.42 Å². The first-order chi connectivity index (χ1) is 12.6. The van der Waals surface area contributed by atoms with Gasteiger partial charge in [0.05, 0.1) is 17.0 Å². The molecule has 130 valence electrons. The average Bonchev–Trinajstić information content (AvgIpc) is 3.46. The van der Waals surface area contributed by atoms with Gasteiger partial charge in [-0.05, 0) is 41.7 Å². The number of aromatic nitrogens is 2. The number of hydrogen-bond donors (Lipinski definition) is 2. The second-order valence-corrected chi connectivity index (χ2v) is 7.36. The van der Waals surface area contributed by atoms with Crippen molar-refractivity contribution in [3.63, 3.8) is 0 Å². The SMILES string of the molecule is N#Cc1nnc2cc(-c3ccc(C[SH](=O)=O)cc3)ccc2c1NC1CC1. The molecule has 0 bridgehead atoms. The van der Waals surface area contributed by atoms with E-state index < -0.39 is 10.7 Å². The Kier molecular flexibility index (Phi) is 4.27. The van der Waals surface area contributed by atoms with Crippen LogP contribution in [0.25, 0.3) is 22.0 Å². The van der Waals surface area contributed by atoms with Crippen LogP contribution in [0.15, 0.2) is 42.5 Å². The fourth-order valence-corrected chi connectivity index (χ4v) is 3.40. The van der Waals surface area contributed by atoms with Gasteiger partial charge in [0, 0.05) is 11.4 Å². The average molecular weight is 364 g/mol. The Morgan fingerprint density at radius 1 is 1.08 bits per heavy atom. The second-order valence-electron chi connectivity index (χ2n) is 6.37. The maximum atomic E-state index is 10.8. The number of thiol groups is 1. The van der Waals surface area contributed by atoms with Crippen molar-refractivity contribution in [3.05, 3.63) is 53.7 Å². The van der Waals surface area contributed by atoms with E-state index in [0.717, 1.165) is 46.1 Å². The summed E-state index contributed by atoms with van der Waals surface area (Å²) >= 11 is 0. The van der Waals surface area contributed by atoms with E-state index in [1.54, 1.807) is 0 Å². The second kappa shape index (κ2) is 6.73. The van der Waals surface area contributed by atoms with Gasteiger partial charge >= 0.3 is 0 Å². The molecule has 6 nitrogen and oxygen atoms in total. The first-order valence-corrected chi connectivity index (χ1v) is 9.68. The molecular formula is C19H16N4O2S. The van der Waals surface area contributed by atoms with Crippen LogP contribution >= 0.6 is 0 Å². The van der Waals surface area contributed by atoms with Crippen molar-refractivity contribution >= 4 is 27.3 Å². The van der Waals surface area contributed by atoms with Gasteiger partial charge < -0.3 is 5.32 Å². The Morgan fingerprint density at radius 2 is 1.81 bits per heavy atom. The van der Waals surface area contributed by atoms with Gasteiger partial charge in [0.25, 0.3) is 0 Å². The number of nitrogens with zero attached hydrogens (tertiary/aromatic N) is 3. The predicted molar refractivity (Wildman–Crippen MR) is 100 cm³/mol. The number of hydrogen-bond acceptors (Lipinski definition) is 6. The summed E-state index contributed by atoms with van der Waals surface area (Å²) in [6, 6.07) is 15.8. The molecule has 26 heavy (non-hydrogen) atoms. The molecule has 1 heterocycles. The number of benzene rings is 2. The quantitative estimate of drug-likeness (QED) is 0.676. The summed E-state index contributed by atoms with van der Waals surface area (Å²) in [7, 11) is -2.43. The van der Waals surface area contributed by atoms with Gasteiger partial charge in [-0.15, -0.1) is 10.2 Å². The normalized spacial score (nSPS) is 13.7. The Bertz CT molecular complexity index is 1090.